The maximum Gasteiger partial charge on any atom is 0.224 e. The van der Waals surface area contributed by atoms with E-state index in [0.717, 1.165) is 57.5 Å². The van der Waals surface area contributed by atoms with Crippen molar-refractivity contribution in [2.24, 2.45) is 5.92 Å². The Bertz CT molecular complexity index is 646. The SMILES string of the molecule is COc1cccc(CCC2CCCN(C(=O)CCN3CCCCC3=O)C2)c1. The summed E-state index contributed by atoms with van der Waals surface area (Å²) < 4.78 is 5.30. The molecule has 1 unspecified atom stereocenters. The Kier molecular flexibility index (Phi) is 7.13. The molecular weight excluding hydrogens is 340 g/mol. The van der Waals surface area contributed by atoms with Crippen LogP contribution in [-0.4, -0.2) is 54.9 Å². The lowest BCUT2D eigenvalue weighted by atomic mass is 9.91. The third-order valence-electron chi connectivity index (χ3n) is 5.86. The molecule has 148 valence electrons. The molecule has 2 aliphatic heterocycles. The van der Waals surface area contributed by atoms with Crippen molar-refractivity contribution in [3.05, 3.63) is 29.8 Å². The smallest absolute Gasteiger partial charge is 0.224 e. The van der Waals surface area contributed by atoms with E-state index in [1.54, 1.807) is 7.11 Å². The third-order valence-corrected chi connectivity index (χ3v) is 5.86. The highest BCUT2D eigenvalue weighted by atomic mass is 16.5. The highest BCUT2D eigenvalue weighted by Crippen LogP contribution is 2.23. The molecule has 1 atom stereocenters. The fourth-order valence-corrected chi connectivity index (χ4v) is 4.21. The number of ether oxygens (including phenoxy) is 1. The van der Waals surface area contributed by atoms with E-state index in [2.05, 4.69) is 12.1 Å². The predicted molar refractivity (Wildman–Crippen MR) is 106 cm³/mol. The van der Waals surface area contributed by atoms with E-state index in [9.17, 15) is 9.59 Å². The number of methoxy groups -OCH3 is 1. The highest BCUT2D eigenvalue weighted by Gasteiger charge is 2.25. The van der Waals surface area contributed by atoms with Crippen LogP contribution in [-0.2, 0) is 16.0 Å². The highest BCUT2D eigenvalue weighted by molar-refractivity contribution is 5.79. The number of piperidine rings is 2. The quantitative estimate of drug-likeness (QED) is 0.738. The summed E-state index contributed by atoms with van der Waals surface area (Å²) in [5, 5.41) is 0. The van der Waals surface area contributed by atoms with Crippen molar-refractivity contribution < 1.29 is 14.3 Å². The lowest BCUT2D eigenvalue weighted by Crippen LogP contribution is -2.43. The Hall–Kier alpha value is -2.04. The van der Waals surface area contributed by atoms with Crippen molar-refractivity contribution in [3.8, 4) is 5.75 Å². The Labute approximate surface area is 162 Å². The predicted octanol–water partition coefficient (Wildman–Crippen LogP) is 3.27. The van der Waals surface area contributed by atoms with Crippen LogP contribution in [0.3, 0.4) is 0 Å². The van der Waals surface area contributed by atoms with Gasteiger partial charge in [-0.2, -0.15) is 0 Å². The summed E-state index contributed by atoms with van der Waals surface area (Å²) >= 11 is 0. The van der Waals surface area contributed by atoms with E-state index < -0.39 is 0 Å². The molecule has 2 aliphatic rings. The molecule has 5 heteroatoms. The lowest BCUT2D eigenvalue weighted by molar-refractivity contribution is -0.136. The number of hydrogen-bond acceptors (Lipinski definition) is 3. The van der Waals surface area contributed by atoms with Crippen LogP contribution in [0.1, 0.15) is 50.5 Å². The van der Waals surface area contributed by atoms with Gasteiger partial charge in [-0.3, -0.25) is 9.59 Å². The molecule has 0 spiro atoms. The van der Waals surface area contributed by atoms with Crippen molar-refractivity contribution >= 4 is 11.8 Å². The molecule has 0 aromatic heterocycles. The molecule has 5 nitrogen and oxygen atoms in total. The molecule has 27 heavy (non-hydrogen) atoms. The van der Waals surface area contributed by atoms with E-state index in [1.807, 2.05) is 21.9 Å². The van der Waals surface area contributed by atoms with Gasteiger partial charge in [0, 0.05) is 39.0 Å². The number of carbonyl (C=O) groups is 2. The van der Waals surface area contributed by atoms with E-state index in [1.165, 1.54) is 12.0 Å². The summed E-state index contributed by atoms with van der Waals surface area (Å²) in [7, 11) is 1.70. The molecule has 1 aromatic carbocycles. The largest absolute Gasteiger partial charge is 0.497 e. The fraction of sp³-hybridized carbons (Fsp3) is 0.636. The number of rotatable bonds is 7. The molecule has 0 radical (unpaired) electrons. The Morgan fingerprint density at radius 1 is 1.22 bits per heavy atom. The van der Waals surface area contributed by atoms with Gasteiger partial charge < -0.3 is 14.5 Å². The number of amides is 2. The Balaban J connectivity index is 1.44. The molecule has 0 bridgehead atoms. The summed E-state index contributed by atoms with van der Waals surface area (Å²) in [6.07, 6.45) is 7.56. The second kappa shape index (κ2) is 9.77. The van der Waals surface area contributed by atoms with Gasteiger partial charge in [0.05, 0.1) is 7.11 Å². The first-order chi connectivity index (χ1) is 13.2. The maximum absolute atomic E-state index is 12.6. The van der Waals surface area contributed by atoms with Crippen LogP contribution in [0, 0.1) is 5.92 Å². The van der Waals surface area contributed by atoms with Gasteiger partial charge in [0.2, 0.25) is 11.8 Å². The fourth-order valence-electron chi connectivity index (χ4n) is 4.21. The van der Waals surface area contributed by atoms with Gasteiger partial charge in [-0.1, -0.05) is 12.1 Å². The first-order valence-electron chi connectivity index (χ1n) is 10.3. The van der Waals surface area contributed by atoms with Gasteiger partial charge in [0.1, 0.15) is 5.75 Å². The second-order valence-electron chi connectivity index (χ2n) is 7.83. The number of nitrogens with zero attached hydrogens (tertiary/aromatic N) is 2. The normalized spacial score (nSPS) is 20.6. The zero-order valence-corrected chi connectivity index (χ0v) is 16.5. The second-order valence-corrected chi connectivity index (χ2v) is 7.83. The molecule has 2 amide bonds. The van der Waals surface area contributed by atoms with Gasteiger partial charge in [-0.25, -0.2) is 0 Å². The first kappa shape index (κ1) is 19.7. The van der Waals surface area contributed by atoms with Gasteiger partial charge in [-0.05, 0) is 62.1 Å². The number of likely N-dealkylation sites (tertiary alicyclic amines) is 2. The topological polar surface area (TPSA) is 49.9 Å². The maximum atomic E-state index is 12.6. The molecule has 0 aliphatic carbocycles. The van der Waals surface area contributed by atoms with Crippen LogP contribution in [0.4, 0.5) is 0 Å². The number of hydrogen-bond donors (Lipinski definition) is 0. The Morgan fingerprint density at radius 2 is 2.11 bits per heavy atom. The average molecular weight is 373 g/mol. The number of aryl methyl sites for hydroxylation is 1. The van der Waals surface area contributed by atoms with Crippen LogP contribution < -0.4 is 4.74 Å². The lowest BCUT2D eigenvalue weighted by Gasteiger charge is -2.34. The zero-order chi connectivity index (χ0) is 19.1. The van der Waals surface area contributed by atoms with E-state index in [0.29, 0.717) is 25.3 Å². The molecule has 0 saturated carbocycles. The van der Waals surface area contributed by atoms with Crippen molar-refractivity contribution in [3.63, 3.8) is 0 Å². The van der Waals surface area contributed by atoms with Crippen LogP contribution in [0.15, 0.2) is 24.3 Å². The first-order valence-corrected chi connectivity index (χ1v) is 10.3. The molecule has 0 N–H and O–H groups in total. The van der Waals surface area contributed by atoms with E-state index in [4.69, 9.17) is 4.74 Å². The zero-order valence-electron chi connectivity index (χ0n) is 16.5. The minimum atomic E-state index is 0.208. The van der Waals surface area contributed by atoms with Gasteiger partial charge in [-0.15, -0.1) is 0 Å². The summed E-state index contributed by atoms with van der Waals surface area (Å²) in [5.41, 5.74) is 1.29. The van der Waals surface area contributed by atoms with E-state index >= 15 is 0 Å². The van der Waals surface area contributed by atoms with Crippen molar-refractivity contribution in [1.82, 2.24) is 9.80 Å². The van der Waals surface area contributed by atoms with Crippen molar-refractivity contribution in [2.45, 2.75) is 51.4 Å². The molecule has 2 fully saturated rings. The van der Waals surface area contributed by atoms with Crippen LogP contribution in [0.2, 0.25) is 0 Å². The standard InChI is InChI=1S/C22H32N2O3/c1-27-20-8-4-6-18(16-20)10-11-19-7-5-14-24(17-19)22(26)12-15-23-13-3-2-9-21(23)25/h4,6,8,16,19H,2-3,5,7,9-15,17H2,1H3. The molecular formula is C22H32N2O3. The Morgan fingerprint density at radius 3 is 2.93 bits per heavy atom. The summed E-state index contributed by atoms with van der Waals surface area (Å²) in [5.74, 6) is 1.88. The van der Waals surface area contributed by atoms with Gasteiger partial charge >= 0.3 is 0 Å². The third kappa shape index (κ3) is 5.72. The molecule has 2 saturated heterocycles. The summed E-state index contributed by atoms with van der Waals surface area (Å²) in [6.45, 7) is 3.12. The van der Waals surface area contributed by atoms with Crippen LogP contribution >= 0.6 is 0 Å². The summed E-state index contributed by atoms with van der Waals surface area (Å²) in [4.78, 5) is 28.4. The minimum absolute atomic E-state index is 0.208. The van der Waals surface area contributed by atoms with Gasteiger partial charge in [0.15, 0.2) is 0 Å². The molecule has 3 rings (SSSR count). The number of carbonyl (C=O) groups excluding carboxylic acids is 2. The van der Waals surface area contributed by atoms with Crippen molar-refractivity contribution in [2.75, 3.05) is 33.3 Å². The number of benzene rings is 1. The van der Waals surface area contributed by atoms with Gasteiger partial charge in [0.25, 0.3) is 0 Å². The van der Waals surface area contributed by atoms with Crippen LogP contribution in [0.5, 0.6) is 5.75 Å². The van der Waals surface area contributed by atoms with Crippen LogP contribution in [0.25, 0.3) is 0 Å². The summed E-state index contributed by atoms with van der Waals surface area (Å²) in [6, 6.07) is 8.25. The minimum Gasteiger partial charge on any atom is -0.497 e. The van der Waals surface area contributed by atoms with Crippen molar-refractivity contribution in [1.29, 1.82) is 0 Å². The monoisotopic (exact) mass is 372 g/mol. The average Bonchev–Trinajstić information content (AvgIpc) is 2.72. The van der Waals surface area contributed by atoms with E-state index in [-0.39, 0.29) is 11.8 Å². The molecule has 1 aromatic rings. The molecule has 2 heterocycles.